The van der Waals surface area contributed by atoms with Crippen LogP contribution >= 0.6 is 0 Å². The van der Waals surface area contributed by atoms with Crippen LogP contribution in [0.25, 0.3) is 11.4 Å². The van der Waals surface area contributed by atoms with E-state index in [0.29, 0.717) is 6.61 Å². The van der Waals surface area contributed by atoms with E-state index in [-0.39, 0.29) is 0 Å². The maximum absolute atomic E-state index is 5.23. The molecule has 0 unspecified atom stereocenters. The SMILES string of the molecule is CCNc1cc(C)nc(-c2ccccc2COC)n1. The molecule has 0 atom stereocenters. The summed E-state index contributed by atoms with van der Waals surface area (Å²) < 4.78 is 5.23. The molecule has 2 aromatic rings. The van der Waals surface area contributed by atoms with Gasteiger partial charge in [0.1, 0.15) is 5.82 Å². The molecule has 0 amide bonds. The number of rotatable bonds is 5. The lowest BCUT2D eigenvalue weighted by Gasteiger charge is -2.10. The van der Waals surface area contributed by atoms with E-state index < -0.39 is 0 Å². The highest BCUT2D eigenvalue weighted by molar-refractivity contribution is 5.61. The van der Waals surface area contributed by atoms with E-state index in [0.717, 1.165) is 35.0 Å². The number of benzene rings is 1. The Bertz CT molecular complexity index is 555. The van der Waals surface area contributed by atoms with Gasteiger partial charge in [0.05, 0.1) is 6.61 Å². The third kappa shape index (κ3) is 3.29. The number of hydrogen-bond donors (Lipinski definition) is 1. The lowest BCUT2D eigenvalue weighted by Crippen LogP contribution is -2.03. The fraction of sp³-hybridized carbons (Fsp3) is 0.333. The van der Waals surface area contributed by atoms with Crippen LogP contribution in [0.4, 0.5) is 5.82 Å². The highest BCUT2D eigenvalue weighted by atomic mass is 16.5. The molecule has 0 fully saturated rings. The van der Waals surface area contributed by atoms with Gasteiger partial charge in [-0.15, -0.1) is 0 Å². The normalized spacial score (nSPS) is 10.5. The van der Waals surface area contributed by atoms with E-state index in [1.165, 1.54) is 0 Å². The Balaban J connectivity index is 2.46. The Kier molecular flexibility index (Phi) is 4.47. The van der Waals surface area contributed by atoms with Crippen LogP contribution in [0.3, 0.4) is 0 Å². The molecule has 0 aliphatic heterocycles. The molecular weight excluding hydrogens is 238 g/mol. The van der Waals surface area contributed by atoms with Crippen LogP contribution in [-0.2, 0) is 11.3 Å². The van der Waals surface area contributed by atoms with Crippen molar-refractivity contribution in [1.29, 1.82) is 0 Å². The van der Waals surface area contributed by atoms with Crippen LogP contribution in [0.1, 0.15) is 18.2 Å². The van der Waals surface area contributed by atoms with E-state index in [2.05, 4.69) is 22.2 Å². The molecule has 1 N–H and O–H groups in total. The molecule has 2 rings (SSSR count). The molecule has 0 aliphatic rings. The largest absolute Gasteiger partial charge is 0.380 e. The molecule has 0 spiro atoms. The molecule has 0 aliphatic carbocycles. The van der Waals surface area contributed by atoms with Crippen LogP contribution in [0.2, 0.25) is 0 Å². The lowest BCUT2D eigenvalue weighted by atomic mass is 10.1. The maximum Gasteiger partial charge on any atom is 0.162 e. The van der Waals surface area contributed by atoms with Gasteiger partial charge in [-0.05, 0) is 19.4 Å². The minimum atomic E-state index is 0.560. The molecule has 0 saturated carbocycles. The zero-order valence-corrected chi connectivity index (χ0v) is 11.6. The smallest absolute Gasteiger partial charge is 0.162 e. The summed E-state index contributed by atoms with van der Waals surface area (Å²) >= 11 is 0. The van der Waals surface area contributed by atoms with E-state index in [4.69, 9.17) is 4.74 Å². The molecule has 1 aromatic carbocycles. The Morgan fingerprint density at radius 2 is 2.00 bits per heavy atom. The molecule has 100 valence electrons. The molecule has 4 heteroatoms. The third-order valence-corrected chi connectivity index (χ3v) is 2.77. The molecule has 19 heavy (non-hydrogen) atoms. The van der Waals surface area contributed by atoms with Gasteiger partial charge in [0, 0.05) is 31.0 Å². The Morgan fingerprint density at radius 1 is 1.21 bits per heavy atom. The topological polar surface area (TPSA) is 47.0 Å². The van der Waals surface area contributed by atoms with Gasteiger partial charge < -0.3 is 10.1 Å². The van der Waals surface area contributed by atoms with Crippen molar-refractivity contribution in [2.75, 3.05) is 19.0 Å². The average molecular weight is 257 g/mol. The van der Waals surface area contributed by atoms with Crippen molar-refractivity contribution >= 4 is 5.82 Å². The van der Waals surface area contributed by atoms with Crippen molar-refractivity contribution < 1.29 is 4.74 Å². The monoisotopic (exact) mass is 257 g/mol. The molecule has 0 saturated heterocycles. The second-order valence-corrected chi connectivity index (χ2v) is 4.34. The zero-order valence-electron chi connectivity index (χ0n) is 11.6. The van der Waals surface area contributed by atoms with Crippen LogP contribution in [0.5, 0.6) is 0 Å². The summed E-state index contributed by atoms with van der Waals surface area (Å²) in [5, 5.41) is 3.23. The number of hydrogen-bond acceptors (Lipinski definition) is 4. The van der Waals surface area contributed by atoms with E-state index >= 15 is 0 Å². The van der Waals surface area contributed by atoms with Crippen molar-refractivity contribution in [2.24, 2.45) is 0 Å². The number of aryl methyl sites for hydroxylation is 1. The van der Waals surface area contributed by atoms with Crippen molar-refractivity contribution in [3.8, 4) is 11.4 Å². The van der Waals surface area contributed by atoms with Crippen LogP contribution in [0, 0.1) is 6.92 Å². The number of nitrogens with one attached hydrogen (secondary N) is 1. The van der Waals surface area contributed by atoms with Crippen molar-refractivity contribution in [2.45, 2.75) is 20.5 Å². The minimum Gasteiger partial charge on any atom is -0.380 e. The first kappa shape index (κ1) is 13.5. The fourth-order valence-corrected chi connectivity index (χ4v) is 1.98. The first-order chi connectivity index (χ1) is 9.24. The van der Waals surface area contributed by atoms with Crippen LogP contribution < -0.4 is 5.32 Å². The summed E-state index contributed by atoms with van der Waals surface area (Å²) in [6.45, 7) is 5.43. The summed E-state index contributed by atoms with van der Waals surface area (Å²) in [6, 6.07) is 10.0. The van der Waals surface area contributed by atoms with Gasteiger partial charge >= 0.3 is 0 Å². The minimum absolute atomic E-state index is 0.560. The average Bonchev–Trinajstić information content (AvgIpc) is 2.39. The molecule has 1 aromatic heterocycles. The second-order valence-electron chi connectivity index (χ2n) is 4.34. The summed E-state index contributed by atoms with van der Waals surface area (Å²) in [5.41, 5.74) is 3.07. The van der Waals surface area contributed by atoms with Crippen molar-refractivity contribution in [3.05, 3.63) is 41.6 Å². The van der Waals surface area contributed by atoms with Gasteiger partial charge in [-0.25, -0.2) is 9.97 Å². The molecule has 4 nitrogen and oxygen atoms in total. The van der Waals surface area contributed by atoms with Gasteiger partial charge in [-0.3, -0.25) is 0 Å². The number of nitrogens with zero attached hydrogens (tertiary/aromatic N) is 2. The number of aromatic nitrogens is 2. The highest BCUT2D eigenvalue weighted by Gasteiger charge is 2.09. The van der Waals surface area contributed by atoms with Gasteiger partial charge in [-0.1, -0.05) is 24.3 Å². The van der Waals surface area contributed by atoms with Crippen molar-refractivity contribution in [3.63, 3.8) is 0 Å². The predicted octanol–water partition coefficient (Wildman–Crippen LogP) is 3.03. The Labute approximate surface area is 113 Å². The maximum atomic E-state index is 5.23. The van der Waals surface area contributed by atoms with Gasteiger partial charge in [0.15, 0.2) is 5.82 Å². The molecular formula is C15H19N3O. The second kappa shape index (κ2) is 6.29. The number of methoxy groups -OCH3 is 1. The number of ether oxygens (including phenoxy) is 1. The quantitative estimate of drug-likeness (QED) is 0.894. The molecule has 0 radical (unpaired) electrons. The third-order valence-electron chi connectivity index (χ3n) is 2.77. The summed E-state index contributed by atoms with van der Waals surface area (Å²) in [7, 11) is 1.69. The fourth-order valence-electron chi connectivity index (χ4n) is 1.98. The predicted molar refractivity (Wildman–Crippen MR) is 77.1 cm³/mol. The lowest BCUT2D eigenvalue weighted by molar-refractivity contribution is 0.185. The highest BCUT2D eigenvalue weighted by Crippen LogP contribution is 2.22. The standard InChI is InChI=1S/C15H19N3O/c1-4-16-14-9-11(2)17-15(18-14)13-8-6-5-7-12(13)10-19-3/h5-9H,4,10H2,1-3H3,(H,16,17,18). The van der Waals surface area contributed by atoms with Gasteiger partial charge in [0.2, 0.25) is 0 Å². The zero-order chi connectivity index (χ0) is 13.7. The Morgan fingerprint density at radius 3 is 2.74 bits per heavy atom. The summed E-state index contributed by atoms with van der Waals surface area (Å²) in [6.07, 6.45) is 0. The Hall–Kier alpha value is -1.94. The van der Waals surface area contributed by atoms with Gasteiger partial charge in [-0.2, -0.15) is 0 Å². The van der Waals surface area contributed by atoms with E-state index in [9.17, 15) is 0 Å². The van der Waals surface area contributed by atoms with Crippen LogP contribution in [0.15, 0.2) is 30.3 Å². The molecule has 0 bridgehead atoms. The van der Waals surface area contributed by atoms with E-state index in [1.807, 2.05) is 37.3 Å². The van der Waals surface area contributed by atoms with Gasteiger partial charge in [0.25, 0.3) is 0 Å². The summed E-state index contributed by atoms with van der Waals surface area (Å²) in [5.74, 6) is 1.60. The molecule has 1 heterocycles. The van der Waals surface area contributed by atoms with E-state index in [1.54, 1.807) is 7.11 Å². The summed E-state index contributed by atoms with van der Waals surface area (Å²) in [4.78, 5) is 9.08. The first-order valence-corrected chi connectivity index (χ1v) is 6.41. The van der Waals surface area contributed by atoms with Crippen molar-refractivity contribution in [1.82, 2.24) is 9.97 Å². The number of anilines is 1. The van der Waals surface area contributed by atoms with Crippen LogP contribution in [-0.4, -0.2) is 23.6 Å². The first-order valence-electron chi connectivity index (χ1n) is 6.41.